The Morgan fingerprint density at radius 3 is 2.70 bits per heavy atom. The van der Waals surface area contributed by atoms with Gasteiger partial charge in [0.25, 0.3) is 11.7 Å². The molecule has 0 radical (unpaired) electrons. The molecule has 3 aromatic rings. The first kappa shape index (κ1) is 15.4. The van der Waals surface area contributed by atoms with E-state index in [0.717, 1.165) is 17.0 Å². The van der Waals surface area contributed by atoms with Crippen LogP contribution in [0.5, 0.6) is 0 Å². The van der Waals surface area contributed by atoms with Crippen molar-refractivity contribution in [2.75, 3.05) is 6.54 Å². The van der Waals surface area contributed by atoms with Crippen molar-refractivity contribution in [3.05, 3.63) is 58.1 Å². The van der Waals surface area contributed by atoms with Crippen molar-refractivity contribution in [3.63, 3.8) is 0 Å². The van der Waals surface area contributed by atoms with E-state index in [0.29, 0.717) is 23.8 Å². The molecule has 0 saturated carbocycles. The van der Waals surface area contributed by atoms with Gasteiger partial charge in [0.15, 0.2) is 0 Å². The smallest absolute Gasteiger partial charge is 0.291 e. The summed E-state index contributed by atoms with van der Waals surface area (Å²) in [4.78, 5) is 20.6. The van der Waals surface area contributed by atoms with Crippen LogP contribution in [0.4, 0.5) is 0 Å². The van der Waals surface area contributed by atoms with Gasteiger partial charge in [0, 0.05) is 23.0 Å². The van der Waals surface area contributed by atoms with Crippen molar-refractivity contribution < 1.29 is 4.79 Å². The first-order valence-corrected chi connectivity index (χ1v) is 7.64. The molecule has 1 aromatic carbocycles. The number of hydrogen-bond acceptors (Lipinski definition) is 4. The highest BCUT2D eigenvalue weighted by Crippen LogP contribution is 2.09. The summed E-state index contributed by atoms with van der Waals surface area (Å²) in [6, 6.07) is 9.43. The Morgan fingerprint density at radius 1 is 1.22 bits per heavy atom. The molecule has 0 unspecified atom stereocenters. The quantitative estimate of drug-likeness (QED) is 0.797. The number of rotatable bonds is 4. The zero-order valence-corrected chi connectivity index (χ0v) is 13.6. The zero-order valence-electron chi connectivity index (χ0n) is 12.9. The number of hydrogen-bond donors (Lipinski definition) is 1. The van der Waals surface area contributed by atoms with Gasteiger partial charge < -0.3 is 5.32 Å². The predicted molar refractivity (Wildman–Crippen MR) is 87.7 cm³/mol. The van der Waals surface area contributed by atoms with E-state index < -0.39 is 0 Å². The van der Waals surface area contributed by atoms with Gasteiger partial charge in [-0.3, -0.25) is 4.79 Å². The largest absolute Gasteiger partial charge is 0.349 e. The highest BCUT2D eigenvalue weighted by Gasteiger charge is 2.14. The van der Waals surface area contributed by atoms with E-state index in [1.54, 1.807) is 4.52 Å². The number of carbonyl (C=O) groups is 1. The third kappa shape index (κ3) is 3.48. The van der Waals surface area contributed by atoms with Crippen LogP contribution in [0.2, 0.25) is 5.02 Å². The van der Waals surface area contributed by atoms with Gasteiger partial charge in [-0.1, -0.05) is 23.7 Å². The maximum Gasteiger partial charge on any atom is 0.291 e. The summed E-state index contributed by atoms with van der Waals surface area (Å²) in [5.41, 5.74) is 2.84. The molecule has 2 heterocycles. The minimum Gasteiger partial charge on any atom is -0.349 e. The van der Waals surface area contributed by atoms with Crippen LogP contribution in [0, 0.1) is 13.8 Å². The molecule has 3 rings (SSSR count). The summed E-state index contributed by atoms with van der Waals surface area (Å²) < 4.78 is 1.57. The molecular weight excluding hydrogens is 314 g/mol. The molecule has 23 heavy (non-hydrogen) atoms. The predicted octanol–water partition coefficient (Wildman–Crippen LogP) is 2.37. The lowest BCUT2D eigenvalue weighted by atomic mass is 10.1. The number of nitrogens with zero attached hydrogens (tertiary/aromatic N) is 4. The normalized spacial score (nSPS) is 10.9. The molecule has 7 heteroatoms. The van der Waals surface area contributed by atoms with Crippen LogP contribution in [-0.4, -0.2) is 32.0 Å². The lowest BCUT2D eigenvalue weighted by molar-refractivity contribution is 0.0944. The number of amides is 1. The fourth-order valence-corrected chi connectivity index (χ4v) is 2.44. The summed E-state index contributed by atoms with van der Waals surface area (Å²) in [7, 11) is 0. The van der Waals surface area contributed by atoms with E-state index in [2.05, 4.69) is 20.4 Å². The number of aryl methyl sites for hydroxylation is 2. The number of halogens is 1. The zero-order chi connectivity index (χ0) is 16.4. The standard InChI is InChI=1S/C16H16ClN5O/c1-10-9-11(2)22-16(19-10)20-14(21-22)15(23)18-8-7-12-3-5-13(17)6-4-12/h3-6,9H,7-8H2,1-2H3,(H,18,23). The Kier molecular flexibility index (Phi) is 4.25. The van der Waals surface area contributed by atoms with E-state index in [1.807, 2.05) is 44.2 Å². The minimum absolute atomic E-state index is 0.127. The van der Waals surface area contributed by atoms with Crippen molar-refractivity contribution in [1.29, 1.82) is 0 Å². The molecule has 0 spiro atoms. The number of fused-ring (bicyclic) bond motifs is 1. The number of nitrogens with one attached hydrogen (secondary N) is 1. The number of carbonyl (C=O) groups excluding carboxylic acids is 1. The van der Waals surface area contributed by atoms with Crippen LogP contribution >= 0.6 is 11.6 Å². The van der Waals surface area contributed by atoms with E-state index >= 15 is 0 Å². The monoisotopic (exact) mass is 329 g/mol. The fourth-order valence-electron chi connectivity index (χ4n) is 2.31. The van der Waals surface area contributed by atoms with Crippen molar-refractivity contribution in [1.82, 2.24) is 24.9 Å². The Labute approximate surface area is 138 Å². The molecule has 0 fully saturated rings. The van der Waals surface area contributed by atoms with Crippen LogP contribution in [0.1, 0.15) is 27.6 Å². The van der Waals surface area contributed by atoms with Gasteiger partial charge in [-0.05, 0) is 44.0 Å². The van der Waals surface area contributed by atoms with Crippen molar-refractivity contribution in [2.24, 2.45) is 0 Å². The number of benzene rings is 1. The second kappa shape index (κ2) is 6.34. The van der Waals surface area contributed by atoms with Gasteiger partial charge in [0.1, 0.15) is 0 Å². The van der Waals surface area contributed by atoms with E-state index in [9.17, 15) is 4.79 Å². The van der Waals surface area contributed by atoms with Crippen LogP contribution in [0.3, 0.4) is 0 Å². The Hall–Kier alpha value is -2.47. The van der Waals surface area contributed by atoms with E-state index in [1.165, 1.54) is 0 Å². The molecule has 1 amide bonds. The molecule has 0 saturated heterocycles. The third-order valence-electron chi connectivity index (χ3n) is 3.43. The lowest BCUT2D eigenvalue weighted by Gasteiger charge is -2.03. The number of aromatic nitrogens is 4. The second-order valence-electron chi connectivity index (χ2n) is 5.32. The SMILES string of the molecule is Cc1cc(C)n2nc(C(=O)NCCc3ccc(Cl)cc3)nc2n1. The van der Waals surface area contributed by atoms with Crippen molar-refractivity contribution in [2.45, 2.75) is 20.3 Å². The van der Waals surface area contributed by atoms with Crippen LogP contribution in [0.25, 0.3) is 5.78 Å². The average Bonchev–Trinajstić information content (AvgIpc) is 2.93. The Bertz CT molecular complexity index is 857. The molecule has 1 N–H and O–H groups in total. The van der Waals surface area contributed by atoms with Crippen LogP contribution < -0.4 is 5.32 Å². The summed E-state index contributed by atoms with van der Waals surface area (Å²) in [5.74, 6) is 0.258. The lowest BCUT2D eigenvalue weighted by Crippen LogP contribution is -2.26. The van der Waals surface area contributed by atoms with Gasteiger partial charge in [-0.25, -0.2) is 9.50 Å². The van der Waals surface area contributed by atoms with E-state index in [-0.39, 0.29) is 11.7 Å². The molecule has 118 valence electrons. The maximum absolute atomic E-state index is 12.2. The minimum atomic E-state index is -0.304. The fraction of sp³-hybridized carbons (Fsp3) is 0.250. The van der Waals surface area contributed by atoms with Gasteiger partial charge in [-0.15, -0.1) is 5.10 Å². The van der Waals surface area contributed by atoms with Gasteiger partial charge in [-0.2, -0.15) is 4.98 Å². The molecule has 2 aromatic heterocycles. The molecule has 0 aliphatic rings. The first-order valence-electron chi connectivity index (χ1n) is 7.26. The molecule has 6 nitrogen and oxygen atoms in total. The molecule has 0 atom stereocenters. The van der Waals surface area contributed by atoms with Crippen LogP contribution in [0.15, 0.2) is 30.3 Å². The maximum atomic E-state index is 12.2. The van der Waals surface area contributed by atoms with E-state index in [4.69, 9.17) is 11.6 Å². The summed E-state index contributed by atoms with van der Waals surface area (Å²) in [6.07, 6.45) is 0.715. The first-order chi connectivity index (χ1) is 11.0. The van der Waals surface area contributed by atoms with Crippen molar-refractivity contribution in [3.8, 4) is 0 Å². The highest BCUT2D eigenvalue weighted by molar-refractivity contribution is 6.30. The van der Waals surface area contributed by atoms with Crippen molar-refractivity contribution >= 4 is 23.3 Å². The van der Waals surface area contributed by atoms with Gasteiger partial charge >= 0.3 is 0 Å². The summed E-state index contributed by atoms with van der Waals surface area (Å²) in [5, 5.41) is 7.72. The Morgan fingerprint density at radius 2 is 1.96 bits per heavy atom. The Balaban J connectivity index is 1.66. The third-order valence-corrected chi connectivity index (χ3v) is 3.69. The average molecular weight is 330 g/mol. The summed E-state index contributed by atoms with van der Waals surface area (Å²) in [6.45, 7) is 4.29. The molecular formula is C16H16ClN5O. The summed E-state index contributed by atoms with van der Waals surface area (Å²) >= 11 is 5.84. The highest BCUT2D eigenvalue weighted by atomic mass is 35.5. The van der Waals surface area contributed by atoms with Gasteiger partial charge in [0.2, 0.25) is 5.82 Å². The second-order valence-corrected chi connectivity index (χ2v) is 5.75. The van der Waals surface area contributed by atoms with Gasteiger partial charge in [0.05, 0.1) is 0 Å². The van der Waals surface area contributed by atoms with Crippen LogP contribution in [-0.2, 0) is 6.42 Å². The topological polar surface area (TPSA) is 72.2 Å². The molecule has 0 bridgehead atoms. The molecule has 0 aliphatic carbocycles. The molecule has 0 aliphatic heterocycles.